The first-order chi connectivity index (χ1) is 23.0. The topological polar surface area (TPSA) is 140 Å². The Balaban J connectivity index is 1.62. The van der Waals surface area contributed by atoms with E-state index in [1.54, 1.807) is 26.8 Å². The van der Waals surface area contributed by atoms with E-state index in [1.165, 1.54) is 0 Å². The molecule has 0 bridgehead atoms. The summed E-state index contributed by atoms with van der Waals surface area (Å²) < 4.78 is 41.0. The molecule has 2 aromatic heterocycles. The monoisotopic (exact) mass is 675 g/mol. The van der Waals surface area contributed by atoms with E-state index in [-0.39, 0.29) is 19.3 Å². The number of para-hydroxylation sites is 1. The van der Waals surface area contributed by atoms with Gasteiger partial charge in [-0.25, -0.2) is 14.5 Å². The molecule has 256 valence electrons. The number of carbonyl (C=O) groups excluding carboxylic acids is 1. The lowest BCUT2D eigenvalue weighted by atomic mass is 9.94. The number of aromatic nitrogens is 3. The molecular formula is C36H46N5O6P. The molecule has 48 heavy (non-hydrogen) atoms. The van der Waals surface area contributed by atoms with Crippen molar-refractivity contribution in [3.8, 4) is 5.75 Å². The number of carbonyl (C=O) groups is 1. The average molecular weight is 676 g/mol. The Kier molecular flexibility index (Phi) is 11.1. The summed E-state index contributed by atoms with van der Waals surface area (Å²) >= 11 is 0. The fourth-order valence-corrected chi connectivity index (χ4v) is 7.49. The van der Waals surface area contributed by atoms with Gasteiger partial charge in [-0.15, -0.1) is 0 Å². The summed E-state index contributed by atoms with van der Waals surface area (Å²) in [7, 11) is -4.24. The number of unbranched alkanes of at least 4 members (excludes halogenated alkanes) is 1. The Hall–Kier alpha value is -4.02. The van der Waals surface area contributed by atoms with Crippen molar-refractivity contribution in [1.82, 2.24) is 19.6 Å². The molecule has 0 aliphatic rings. The fourth-order valence-electron chi connectivity index (χ4n) is 5.87. The van der Waals surface area contributed by atoms with Crippen LogP contribution in [-0.4, -0.2) is 45.9 Å². The summed E-state index contributed by atoms with van der Waals surface area (Å²) in [6.07, 6.45) is 2.04. The number of fused-ring (bicyclic) bond motifs is 4. The molecule has 1 unspecified atom stereocenters. The quantitative estimate of drug-likeness (QED) is 0.0784. The van der Waals surface area contributed by atoms with Crippen molar-refractivity contribution >= 4 is 52.2 Å². The SMILES string of the molecule is CCCCC(C)(CO[P@](=O)(N[C@@H](C)C(=O)OC(C)C)Oc1cccc2ccccc12)n1c(COCC)nc2c(N)nc3ccccc3c21. The van der Waals surface area contributed by atoms with Gasteiger partial charge in [0.1, 0.15) is 29.7 Å². The molecular weight excluding hydrogens is 629 g/mol. The predicted molar refractivity (Wildman–Crippen MR) is 190 cm³/mol. The molecule has 5 aromatic rings. The largest absolute Gasteiger partial charge is 0.462 e. The molecule has 3 atom stereocenters. The van der Waals surface area contributed by atoms with Crippen LogP contribution in [0, 0.1) is 0 Å². The highest BCUT2D eigenvalue weighted by Crippen LogP contribution is 2.49. The summed E-state index contributed by atoms with van der Waals surface area (Å²) in [5.74, 6) is 0.741. The van der Waals surface area contributed by atoms with Gasteiger partial charge in [-0.05, 0) is 58.6 Å². The van der Waals surface area contributed by atoms with Crippen LogP contribution in [0.5, 0.6) is 5.75 Å². The summed E-state index contributed by atoms with van der Waals surface area (Å²) in [5.41, 5.74) is 7.76. The van der Waals surface area contributed by atoms with Crippen LogP contribution in [0.2, 0.25) is 0 Å². The number of anilines is 1. The zero-order valence-electron chi connectivity index (χ0n) is 28.6. The molecule has 3 N–H and O–H groups in total. The molecule has 0 fully saturated rings. The van der Waals surface area contributed by atoms with E-state index in [0.29, 0.717) is 35.9 Å². The molecule has 0 aliphatic heterocycles. The summed E-state index contributed by atoms with van der Waals surface area (Å²) in [6, 6.07) is 19.9. The van der Waals surface area contributed by atoms with Crippen LogP contribution in [0.4, 0.5) is 5.82 Å². The zero-order valence-corrected chi connectivity index (χ0v) is 29.5. The van der Waals surface area contributed by atoms with Crippen molar-refractivity contribution in [2.45, 2.75) is 85.1 Å². The van der Waals surface area contributed by atoms with Crippen LogP contribution < -0.4 is 15.3 Å². The number of hydrogen-bond acceptors (Lipinski definition) is 9. The summed E-state index contributed by atoms with van der Waals surface area (Å²) in [4.78, 5) is 22.5. The number of ether oxygens (including phenoxy) is 2. The van der Waals surface area contributed by atoms with Gasteiger partial charge in [-0.2, -0.15) is 5.09 Å². The third-order valence-electron chi connectivity index (χ3n) is 8.20. The molecule has 0 aliphatic carbocycles. The van der Waals surface area contributed by atoms with Crippen LogP contribution in [0.1, 0.15) is 66.6 Å². The third kappa shape index (κ3) is 7.65. The Morgan fingerprint density at radius 2 is 1.71 bits per heavy atom. The number of rotatable bonds is 16. The number of imidazole rings is 1. The smallest absolute Gasteiger partial charge is 0.459 e. The Labute approximate surface area is 281 Å². The molecule has 3 aromatic carbocycles. The van der Waals surface area contributed by atoms with Crippen molar-refractivity contribution in [1.29, 1.82) is 0 Å². The summed E-state index contributed by atoms with van der Waals surface area (Å²) in [6.45, 7) is 11.8. The lowest BCUT2D eigenvalue weighted by Crippen LogP contribution is -2.40. The van der Waals surface area contributed by atoms with Crippen LogP contribution in [0.25, 0.3) is 32.7 Å². The Morgan fingerprint density at radius 1 is 1.00 bits per heavy atom. The van der Waals surface area contributed by atoms with Gasteiger partial charge < -0.3 is 24.3 Å². The second-order valence-corrected chi connectivity index (χ2v) is 14.2. The number of benzene rings is 3. The molecule has 0 saturated heterocycles. The predicted octanol–water partition coefficient (Wildman–Crippen LogP) is 7.90. The minimum absolute atomic E-state index is 0.0604. The lowest BCUT2D eigenvalue weighted by Gasteiger charge is -2.35. The molecule has 0 radical (unpaired) electrons. The molecule has 12 heteroatoms. The number of nitrogens with one attached hydrogen (secondary N) is 1. The molecule has 0 amide bonds. The maximum Gasteiger partial charge on any atom is 0.459 e. The normalized spacial score (nSPS) is 15.1. The Bertz CT molecular complexity index is 1940. The minimum atomic E-state index is -4.24. The minimum Gasteiger partial charge on any atom is -0.462 e. The van der Waals surface area contributed by atoms with E-state index in [0.717, 1.165) is 40.0 Å². The number of nitrogens with two attached hydrogens (primary N) is 1. The van der Waals surface area contributed by atoms with Crippen molar-refractivity contribution < 1.29 is 27.9 Å². The van der Waals surface area contributed by atoms with Crippen LogP contribution in [0.15, 0.2) is 66.7 Å². The first-order valence-electron chi connectivity index (χ1n) is 16.5. The number of esters is 1. The molecule has 0 spiro atoms. The van der Waals surface area contributed by atoms with Gasteiger partial charge in [-0.1, -0.05) is 74.4 Å². The van der Waals surface area contributed by atoms with Gasteiger partial charge in [-0.3, -0.25) is 9.32 Å². The van der Waals surface area contributed by atoms with Crippen molar-refractivity contribution in [3.63, 3.8) is 0 Å². The van der Waals surface area contributed by atoms with Crippen molar-refractivity contribution in [2.24, 2.45) is 0 Å². The van der Waals surface area contributed by atoms with E-state index in [2.05, 4.69) is 21.6 Å². The van der Waals surface area contributed by atoms with Crippen molar-refractivity contribution in [2.75, 3.05) is 18.9 Å². The van der Waals surface area contributed by atoms with Crippen LogP contribution in [0.3, 0.4) is 0 Å². The van der Waals surface area contributed by atoms with Gasteiger partial charge in [0.05, 0.1) is 29.3 Å². The molecule has 2 heterocycles. The average Bonchev–Trinajstić information content (AvgIpc) is 3.47. The highest BCUT2D eigenvalue weighted by atomic mass is 31.2. The van der Waals surface area contributed by atoms with Crippen LogP contribution >= 0.6 is 7.75 Å². The fraction of sp³-hybridized carbons (Fsp3) is 0.417. The van der Waals surface area contributed by atoms with Crippen molar-refractivity contribution in [3.05, 3.63) is 72.6 Å². The second kappa shape index (κ2) is 15.0. The number of hydrogen-bond donors (Lipinski definition) is 2. The van der Waals surface area contributed by atoms with E-state index < -0.39 is 25.3 Å². The molecule has 5 rings (SSSR count). The van der Waals surface area contributed by atoms with Gasteiger partial charge in [0.25, 0.3) is 0 Å². The Morgan fingerprint density at radius 3 is 2.44 bits per heavy atom. The molecule has 0 saturated carbocycles. The maximum absolute atomic E-state index is 14.9. The number of nitrogen functional groups attached to an aromatic ring is 1. The highest BCUT2D eigenvalue weighted by molar-refractivity contribution is 7.52. The first kappa shape index (κ1) is 35.3. The summed E-state index contributed by atoms with van der Waals surface area (Å²) in [5, 5.41) is 5.40. The third-order valence-corrected chi connectivity index (χ3v) is 9.81. The van der Waals surface area contributed by atoms with Gasteiger partial charge in [0.15, 0.2) is 5.82 Å². The van der Waals surface area contributed by atoms with E-state index in [1.807, 2.05) is 74.5 Å². The van der Waals surface area contributed by atoms with Gasteiger partial charge in [0, 0.05) is 17.4 Å². The number of pyridine rings is 1. The maximum atomic E-state index is 14.9. The standard InChI is InChI=1S/C36H46N5O6P/c1-7-9-21-36(6,41-31(22-44-8-2)39-32-33(41)28-18-12-13-19-29(28)38-34(32)37)23-45-48(43,40-25(5)35(42)46-24(3)4)47-30-20-14-16-26-15-10-11-17-27(26)30/h10-20,24-25H,7-9,21-23H2,1-6H3,(H2,37,38)(H,40,43)/t25-,36?,48+/m0/s1. The second-order valence-electron chi connectivity index (χ2n) is 12.5. The van der Waals surface area contributed by atoms with Gasteiger partial charge in [0.2, 0.25) is 0 Å². The first-order valence-corrected chi connectivity index (χ1v) is 18.1. The van der Waals surface area contributed by atoms with E-state index >= 15 is 0 Å². The van der Waals surface area contributed by atoms with E-state index in [9.17, 15) is 9.36 Å². The van der Waals surface area contributed by atoms with Crippen LogP contribution in [-0.2, 0) is 35.5 Å². The zero-order chi connectivity index (χ0) is 34.5. The highest BCUT2D eigenvalue weighted by Gasteiger charge is 2.39. The van der Waals surface area contributed by atoms with E-state index in [4.69, 9.17) is 29.2 Å². The molecule has 11 nitrogen and oxygen atoms in total. The van der Waals surface area contributed by atoms with Gasteiger partial charge >= 0.3 is 13.7 Å². The lowest BCUT2D eigenvalue weighted by molar-refractivity contribution is -0.149. The number of nitrogens with zero attached hydrogens (tertiary/aromatic N) is 3.